The van der Waals surface area contributed by atoms with E-state index in [1.165, 1.54) is 0 Å². The van der Waals surface area contributed by atoms with Crippen LogP contribution in [0.25, 0.3) is 21.9 Å². The van der Waals surface area contributed by atoms with Crippen LogP contribution in [-0.2, 0) is 16.1 Å². The van der Waals surface area contributed by atoms with Gasteiger partial charge in [-0.2, -0.15) is 0 Å². The van der Waals surface area contributed by atoms with Gasteiger partial charge in [0, 0.05) is 16.5 Å². The van der Waals surface area contributed by atoms with Crippen molar-refractivity contribution in [1.29, 1.82) is 0 Å². The van der Waals surface area contributed by atoms with Crippen molar-refractivity contribution >= 4 is 22.9 Å². The molecule has 0 radical (unpaired) electrons. The van der Waals surface area contributed by atoms with Gasteiger partial charge in [-0.15, -0.1) is 0 Å². The van der Waals surface area contributed by atoms with E-state index in [1.54, 1.807) is 27.9 Å². The highest BCUT2D eigenvalue weighted by atomic mass is 16.7. The second-order valence-corrected chi connectivity index (χ2v) is 9.42. The summed E-state index contributed by atoms with van der Waals surface area (Å²) in [4.78, 5) is 25.5. The Morgan fingerprint density at radius 3 is 2.24 bits per heavy atom. The van der Waals surface area contributed by atoms with Crippen LogP contribution in [0.5, 0.6) is 11.5 Å². The van der Waals surface area contributed by atoms with Crippen LogP contribution in [0.4, 0.5) is 4.79 Å². The Morgan fingerprint density at radius 2 is 1.61 bits per heavy atom. The van der Waals surface area contributed by atoms with Gasteiger partial charge in [-0.05, 0) is 87.4 Å². The largest absolute Gasteiger partial charge is 0.514 e. The number of carbonyl (C=O) groups is 2. The molecule has 6 nitrogen and oxygen atoms in total. The van der Waals surface area contributed by atoms with E-state index in [9.17, 15) is 9.59 Å². The van der Waals surface area contributed by atoms with Crippen molar-refractivity contribution in [2.45, 2.75) is 53.8 Å². The average molecular weight is 449 g/mol. The maximum absolute atomic E-state index is 12.9. The van der Waals surface area contributed by atoms with Gasteiger partial charge in [0.2, 0.25) is 0 Å². The molecular weight excluding hydrogens is 420 g/mol. The van der Waals surface area contributed by atoms with Crippen molar-refractivity contribution in [2.24, 2.45) is 0 Å². The van der Waals surface area contributed by atoms with E-state index in [2.05, 4.69) is 0 Å². The molecule has 0 spiro atoms. The molecule has 0 unspecified atom stereocenters. The van der Waals surface area contributed by atoms with E-state index in [1.807, 2.05) is 51.1 Å². The molecule has 6 heteroatoms. The first-order valence-corrected chi connectivity index (χ1v) is 10.8. The normalized spacial score (nSPS) is 13.0. The first-order chi connectivity index (χ1) is 15.5. The Bertz CT molecular complexity index is 1300. The van der Waals surface area contributed by atoms with Gasteiger partial charge in [0.1, 0.15) is 23.7 Å². The minimum absolute atomic E-state index is 0.0190. The molecule has 33 heavy (non-hydrogen) atoms. The van der Waals surface area contributed by atoms with Crippen molar-refractivity contribution in [1.82, 2.24) is 0 Å². The number of methoxy groups -OCH3 is 1. The number of esters is 1. The van der Waals surface area contributed by atoms with Crippen LogP contribution in [-0.4, -0.2) is 24.8 Å². The topological polar surface area (TPSA) is 71.1 Å². The summed E-state index contributed by atoms with van der Waals surface area (Å²) in [7, 11) is 1.61. The second-order valence-electron chi connectivity index (χ2n) is 9.42. The number of benzene rings is 3. The number of hydrogen-bond donors (Lipinski definition) is 0. The molecular formula is C27H28O6. The highest BCUT2D eigenvalue weighted by molar-refractivity contribution is 6.13. The molecule has 3 aromatic rings. The molecule has 4 rings (SSSR count). The SMILES string of the molecule is COc1cc(C)cc(-c2c3c(c(OC(=O)OC(C)(C)C)c4cc(C)c(C)cc24)COC3=O)c1. The monoisotopic (exact) mass is 448 g/mol. The zero-order chi connectivity index (χ0) is 24.1. The maximum Gasteiger partial charge on any atom is 0.514 e. The van der Waals surface area contributed by atoms with Crippen LogP contribution in [0, 0.1) is 20.8 Å². The van der Waals surface area contributed by atoms with Crippen LogP contribution in [0.1, 0.15) is 53.4 Å². The Labute approximate surface area is 193 Å². The molecule has 3 aromatic carbocycles. The Kier molecular flexibility index (Phi) is 5.56. The summed E-state index contributed by atoms with van der Waals surface area (Å²) in [6.45, 7) is 11.3. The van der Waals surface area contributed by atoms with Gasteiger partial charge < -0.3 is 18.9 Å². The number of rotatable bonds is 3. The first kappa shape index (κ1) is 22.6. The van der Waals surface area contributed by atoms with Gasteiger partial charge in [-0.1, -0.05) is 12.1 Å². The van der Waals surface area contributed by atoms with Gasteiger partial charge in [-0.3, -0.25) is 0 Å². The predicted octanol–water partition coefficient (Wildman–Crippen LogP) is 6.42. The molecule has 0 amide bonds. The van der Waals surface area contributed by atoms with Gasteiger partial charge in [0.05, 0.1) is 12.7 Å². The summed E-state index contributed by atoms with van der Waals surface area (Å²) in [6.07, 6.45) is -0.825. The molecule has 0 atom stereocenters. The third-order valence-electron chi connectivity index (χ3n) is 5.68. The van der Waals surface area contributed by atoms with Crippen LogP contribution in [0.3, 0.4) is 0 Å². The molecule has 0 fully saturated rings. The molecule has 0 saturated carbocycles. The lowest BCUT2D eigenvalue weighted by Crippen LogP contribution is -2.26. The van der Waals surface area contributed by atoms with Crippen LogP contribution in [0.15, 0.2) is 30.3 Å². The third kappa shape index (κ3) is 4.25. The number of cyclic esters (lactones) is 1. The minimum atomic E-state index is -0.825. The smallest absolute Gasteiger partial charge is 0.497 e. The number of carbonyl (C=O) groups excluding carboxylic acids is 2. The standard InChI is InChI=1S/C27H28O6/c1-14-8-17(12-18(9-14)30-7)22-19-10-15(2)16(3)11-20(19)24(21-13-31-25(28)23(21)22)32-26(29)33-27(4,5)6/h8-12H,13H2,1-7H3. The Hall–Kier alpha value is -3.54. The molecule has 172 valence electrons. The van der Waals surface area contributed by atoms with Gasteiger partial charge >= 0.3 is 12.1 Å². The summed E-state index contributed by atoms with van der Waals surface area (Å²) in [5.74, 6) is 0.539. The van der Waals surface area contributed by atoms with E-state index in [4.69, 9.17) is 18.9 Å². The van der Waals surface area contributed by atoms with E-state index in [-0.39, 0.29) is 6.61 Å². The number of aryl methyl sites for hydroxylation is 3. The quantitative estimate of drug-likeness (QED) is 0.340. The summed E-state index contributed by atoms with van der Waals surface area (Å²) in [5.41, 5.74) is 4.88. The molecule has 0 N–H and O–H groups in total. The van der Waals surface area contributed by atoms with Crippen molar-refractivity contribution in [3.63, 3.8) is 0 Å². The van der Waals surface area contributed by atoms with Crippen LogP contribution >= 0.6 is 0 Å². The molecule has 0 bridgehead atoms. The van der Waals surface area contributed by atoms with Crippen LogP contribution < -0.4 is 9.47 Å². The predicted molar refractivity (Wildman–Crippen MR) is 126 cm³/mol. The number of ether oxygens (including phenoxy) is 4. The fourth-order valence-corrected chi connectivity index (χ4v) is 4.13. The molecule has 0 aliphatic carbocycles. The fraction of sp³-hybridized carbons (Fsp3) is 0.333. The van der Waals surface area contributed by atoms with Crippen LogP contribution in [0.2, 0.25) is 0 Å². The highest BCUT2D eigenvalue weighted by Crippen LogP contribution is 2.46. The first-order valence-electron chi connectivity index (χ1n) is 10.8. The molecule has 1 aliphatic heterocycles. The summed E-state index contributed by atoms with van der Waals surface area (Å²) in [5, 5.41) is 1.51. The lowest BCUT2D eigenvalue weighted by molar-refractivity contribution is 0.0206. The molecule has 0 aromatic heterocycles. The lowest BCUT2D eigenvalue weighted by Gasteiger charge is -2.21. The van der Waals surface area contributed by atoms with Crippen molar-refractivity contribution < 1.29 is 28.5 Å². The Morgan fingerprint density at radius 1 is 0.939 bits per heavy atom. The van der Waals surface area contributed by atoms with E-state index in [0.717, 1.165) is 38.6 Å². The van der Waals surface area contributed by atoms with Gasteiger partial charge in [0.15, 0.2) is 0 Å². The van der Waals surface area contributed by atoms with Gasteiger partial charge in [0.25, 0.3) is 0 Å². The second kappa shape index (κ2) is 8.10. The third-order valence-corrected chi connectivity index (χ3v) is 5.68. The van der Waals surface area contributed by atoms with Gasteiger partial charge in [-0.25, -0.2) is 9.59 Å². The van der Waals surface area contributed by atoms with Crippen molar-refractivity contribution in [2.75, 3.05) is 7.11 Å². The maximum atomic E-state index is 12.9. The molecule has 1 heterocycles. The summed E-state index contributed by atoms with van der Waals surface area (Å²) >= 11 is 0. The summed E-state index contributed by atoms with van der Waals surface area (Å²) < 4.78 is 22.0. The Balaban J connectivity index is 2.06. The van der Waals surface area contributed by atoms with E-state index < -0.39 is 17.7 Å². The number of fused-ring (bicyclic) bond motifs is 2. The zero-order valence-electron chi connectivity index (χ0n) is 20.0. The minimum Gasteiger partial charge on any atom is -0.497 e. The molecule has 0 saturated heterocycles. The fourth-order valence-electron chi connectivity index (χ4n) is 4.13. The van der Waals surface area contributed by atoms with E-state index in [0.29, 0.717) is 22.6 Å². The van der Waals surface area contributed by atoms with E-state index >= 15 is 0 Å². The molecule has 1 aliphatic rings. The lowest BCUT2D eigenvalue weighted by atomic mass is 9.87. The zero-order valence-corrected chi connectivity index (χ0v) is 20.0. The van der Waals surface area contributed by atoms with Crippen molar-refractivity contribution in [3.05, 3.63) is 58.1 Å². The summed E-state index contributed by atoms with van der Waals surface area (Å²) in [6, 6.07) is 9.83. The number of hydrogen-bond acceptors (Lipinski definition) is 6. The average Bonchev–Trinajstić information content (AvgIpc) is 3.09. The van der Waals surface area contributed by atoms with Crippen molar-refractivity contribution in [3.8, 4) is 22.6 Å². The highest BCUT2D eigenvalue weighted by Gasteiger charge is 2.34.